The Labute approximate surface area is 175 Å². The van der Waals surface area contributed by atoms with Gasteiger partial charge in [0, 0.05) is 30.4 Å². The van der Waals surface area contributed by atoms with E-state index in [4.69, 9.17) is 4.74 Å². The Morgan fingerprint density at radius 1 is 1.20 bits per heavy atom. The van der Waals surface area contributed by atoms with Crippen molar-refractivity contribution in [3.05, 3.63) is 47.2 Å². The topological polar surface area (TPSA) is 84.4 Å². The first-order valence-electron chi connectivity index (χ1n) is 9.93. The molecule has 1 fully saturated rings. The van der Waals surface area contributed by atoms with Gasteiger partial charge >= 0.3 is 6.09 Å². The molecule has 0 spiro atoms. The summed E-state index contributed by atoms with van der Waals surface area (Å²) in [6.07, 6.45) is 0.176. The van der Waals surface area contributed by atoms with Gasteiger partial charge in [0.25, 0.3) is 5.91 Å². The van der Waals surface area contributed by atoms with Crippen LogP contribution in [0.1, 0.15) is 49.1 Å². The van der Waals surface area contributed by atoms with Crippen molar-refractivity contribution in [3.63, 3.8) is 0 Å². The zero-order valence-corrected chi connectivity index (χ0v) is 18.0. The quantitative estimate of drug-likeness (QED) is 0.829. The number of rotatable bonds is 3. The molecule has 2 aromatic rings. The Morgan fingerprint density at radius 2 is 1.93 bits per heavy atom. The van der Waals surface area contributed by atoms with Crippen LogP contribution < -0.4 is 5.32 Å². The van der Waals surface area contributed by atoms with Gasteiger partial charge in [0.05, 0.1) is 11.3 Å². The molecule has 1 aliphatic heterocycles. The van der Waals surface area contributed by atoms with Crippen molar-refractivity contribution < 1.29 is 18.7 Å². The Hall–Kier alpha value is -3.03. The van der Waals surface area contributed by atoms with Crippen LogP contribution in [0.25, 0.3) is 11.3 Å². The lowest BCUT2D eigenvalue weighted by Crippen LogP contribution is -2.40. The van der Waals surface area contributed by atoms with Crippen molar-refractivity contribution >= 4 is 12.0 Å². The molecule has 8 heteroatoms. The number of halogens is 1. The monoisotopic (exact) mass is 414 g/mol. The molecule has 7 nitrogen and oxygen atoms in total. The van der Waals surface area contributed by atoms with Gasteiger partial charge in [-0.25, -0.2) is 19.2 Å². The summed E-state index contributed by atoms with van der Waals surface area (Å²) in [5.74, 6) is -0.533. The Bertz CT molecular complexity index is 951. The number of aryl methyl sites for hydroxylation is 2. The SMILES string of the molecule is Cc1cc(-c2ccc(C(=O)N[C@@H]3CCN(C(=O)OC(C)(C)C)C3)c(F)c2)nc(C)n1. The van der Waals surface area contributed by atoms with E-state index >= 15 is 0 Å². The first-order valence-corrected chi connectivity index (χ1v) is 9.93. The summed E-state index contributed by atoms with van der Waals surface area (Å²) in [6.45, 7) is 9.84. The molecule has 1 aromatic heterocycles. The van der Waals surface area contributed by atoms with Gasteiger partial charge in [-0.3, -0.25) is 4.79 Å². The number of hydrogen-bond donors (Lipinski definition) is 1. The maximum Gasteiger partial charge on any atom is 0.410 e. The second-order valence-corrected chi connectivity index (χ2v) is 8.52. The van der Waals surface area contributed by atoms with E-state index in [2.05, 4.69) is 15.3 Å². The molecule has 160 valence electrons. The van der Waals surface area contributed by atoms with Crippen molar-refractivity contribution in [1.82, 2.24) is 20.2 Å². The molecule has 1 aliphatic rings. The highest BCUT2D eigenvalue weighted by molar-refractivity contribution is 5.95. The number of nitrogens with one attached hydrogen (secondary N) is 1. The smallest absolute Gasteiger partial charge is 0.410 e. The lowest BCUT2D eigenvalue weighted by Gasteiger charge is -2.24. The van der Waals surface area contributed by atoms with Crippen LogP contribution in [-0.2, 0) is 4.74 Å². The second-order valence-electron chi connectivity index (χ2n) is 8.52. The normalized spacial score (nSPS) is 16.5. The van der Waals surface area contributed by atoms with Crippen molar-refractivity contribution in [1.29, 1.82) is 0 Å². The van der Waals surface area contributed by atoms with Crippen molar-refractivity contribution in [2.24, 2.45) is 0 Å². The minimum atomic E-state index is -0.624. The number of likely N-dealkylation sites (tertiary alicyclic amines) is 1. The van der Waals surface area contributed by atoms with Gasteiger partial charge in [-0.15, -0.1) is 0 Å². The zero-order chi connectivity index (χ0) is 22.1. The molecule has 0 bridgehead atoms. The average molecular weight is 414 g/mol. The Kier molecular flexibility index (Phi) is 6.05. The van der Waals surface area contributed by atoms with E-state index < -0.39 is 23.4 Å². The number of hydrogen-bond acceptors (Lipinski definition) is 5. The average Bonchev–Trinajstić information content (AvgIpc) is 3.08. The molecular weight excluding hydrogens is 387 g/mol. The van der Waals surface area contributed by atoms with Gasteiger partial charge in [0.2, 0.25) is 0 Å². The zero-order valence-electron chi connectivity index (χ0n) is 18.0. The summed E-state index contributed by atoms with van der Waals surface area (Å²) >= 11 is 0. The predicted molar refractivity (Wildman–Crippen MR) is 111 cm³/mol. The lowest BCUT2D eigenvalue weighted by atomic mass is 10.1. The third-order valence-electron chi connectivity index (χ3n) is 4.65. The highest BCUT2D eigenvalue weighted by Gasteiger charge is 2.31. The molecule has 0 radical (unpaired) electrons. The molecule has 30 heavy (non-hydrogen) atoms. The summed E-state index contributed by atoms with van der Waals surface area (Å²) in [4.78, 5) is 34.8. The van der Waals surface area contributed by atoms with Crippen LogP contribution in [0.4, 0.5) is 9.18 Å². The van der Waals surface area contributed by atoms with E-state index in [0.29, 0.717) is 36.6 Å². The number of amides is 2. The predicted octanol–water partition coefficient (Wildman–Crippen LogP) is 3.64. The van der Waals surface area contributed by atoms with E-state index in [1.54, 1.807) is 44.7 Å². The summed E-state index contributed by atoms with van der Waals surface area (Å²) < 4.78 is 20.0. The minimum Gasteiger partial charge on any atom is -0.444 e. The van der Waals surface area contributed by atoms with E-state index in [-0.39, 0.29) is 11.6 Å². The number of nitrogens with zero attached hydrogens (tertiary/aromatic N) is 3. The highest BCUT2D eigenvalue weighted by Crippen LogP contribution is 2.22. The third-order valence-corrected chi connectivity index (χ3v) is 4.65. The summed E-state index contributed by atoms with van der Waals surface area (Å²) in [5.41, 5.74) is 1.35. The van der Waals surface area contributed by atoms with E-state index in [1.165, 1.54) is 12.1 Å². The van der Waals surface area contributed by atoms with E-state index in [9.17, 15) is 14.0 Å². The molecule has 1 N–H and O–H groups in total. The van der Waals surface area contributed by atoms with Crippen LogP contribution >= 0.6 is 0 Å². The van der Waals surface area contributed by atoms with Crippen molar-refractivity contribution in [2.45, 2.75) is 52.7 Å². The maximum atomic E-state index is 14.7. The molecule has 1 aromatic carbocycles. The fourth-order valence-electron chi connectivity index (χ4n) is 3.36. The molecule has 2 heterocycles. The first kappa shape index (κ1) is 21.7. The van der Waals surface area contributed by atoms with Crippen LogP contribution in [0.3, 0.4) is 0 Å². The summed E-state index contributed by atoms with van der Waals surface area (Å²) in [6, 6.07) is 5.94. The second kappa shape index (κ2) is 8.38. The van der Waals surface area contributed by atoms with Crippen LogP contribution in [0.2, 0.25) is 0 Å². The van der Waals surface area contributed by atoms with E-state index in [1.807, 2.05) is 6.92 Å². The summed E-state index contributed by atoms with van der Waals surface area (Å²) in [5, 5.41) is 2.81. The van der Waals surface area contributed by atoms with E-state index in [0.717, 1.165) is 5.69 Å². The fraction of sp³-hybridized carbons (Fsp3) is 0.455. The fourth-order valence-corrected chi connectivity index (χ4v) is 3.36. The van der Waals surface area contributed by atoms with Gasteiger partial charge < -0.3 is 15.0 Å². The molecule has 2 amide bonds. The van der Waals surface area contributed by atoms with Gasteiger partial charge in [-0.1, -0.05) is 6.07 Å². The molecule has 3 rings (SSSR count). The van der Waals surface area contributed by atoms with Crippen molar-refractivity contribution in [2.75, 3.05) is 13.1 Å². The van der Waals surface area contributed by atoms with Crippen LogP contribution in [-0.4, -0.2) is 51.6 Å². The lowest BCUT2D eigenvalue weighted by molar-refractivity contribution is 0.0290. The number of aromatic nitrogens is 2. The molecular formula is C22H27FN4O3. The van der Waals surface area contributed by atoms with Gasteiger partial charge in [0.1, 0.15) is 17.2 Å². The third kappa shape index (κ3) is 5.31. The molecule has 0 unspecified atom stereocenters. The molecule has 1 saturated heterocycles. The molecule has 0 aliphatic carbocycles. The van der Waals surface area contributed by atoms with Gasteiger partial charge in [-0.2, -0.15) is 0 Å². The van der Waals surface area contributed by atoms with Crippen LogP contribution in [0.15, 0.2) is 24.3 Å². The number of carbonyl (C=O) groups is 2. The van der Waals surface area contributed by atoms with Gasteiger partial charge in [-0.05, 0) is 59.2 Å². The van der Waals surface area contributed by atoms with Crippen LogP contribution in [0.5, 0.6) is 0 Å². The minimum absolute atomic E-state index is 0.0445. The van der Waals surface area contributed by atoms with Crippen molar-refractivity contribution in [3.8, 4) is 11.3 Å². The van der Waals surface area contributed by atoms with Gasteiger partial charge in [0.15, 0.2) is 0 Å². The number of carbonyl (C=O) groups excluding carboxylic acids is 2. The number of ether oxygens (including phenoxy) is 1. The van der Waals surface area contributed by atoms with Crippen LogP contribution in [0, 0.1) is 19.7 Å². The maximum absolute atomic E-state index is 14.7. The first-order chi connectivity index (χ1) is 14.0. The number of benzene rings is 1. The summed E-state index contributed by atoms with van der Waals surface area (Å²) in [7, 11) is 0. The Balaban J connectivity index is 1.66. The Morgan fingerprint density at radius 3 is 2.57 bits per heavy atom. The highest BCUT2D eigenvalue weighted by atomic mass is 19.1. The standard InChI is InChI=1S/C22H27FN4O3/c1-13-10-19(25-14(2)24-13)15-6-7-17(18(23)11-15)20(28)26-16-8-9-27(12-16)21(29)30-22(3,4)5/h6-7,10-11,16H,8-9,12H2,1-5H3,(H,26,28)/t16-/m1/s1. The largest absolute Gasteiger partial charge is 0.444 e. The molecule has 1 atom stereocenters. The molecule has 0 saturated carbocycles.